The number of carbonyl (C=O) groups is 2. The lowest BCUT2D eigenvalue weighted by atomic mass is 9.49. The average Bonchev–Trinajstić information content (AvgIpc) is 2.58. The molecule has 0 aromatic heterocycles. The second-order valence-electron chi connectivity index (χ2n) is 8.64. The molecule has 4 saturated carbocycles. The Balaban J connectivity index is 1.36. The van der Waals surface area contributed by atoms with E-state index in [1.165, 1.54) is 6.42 Å². The van der Waals surface area contributed by atoms with Gasteiger partial charge in [-0.1, -0.05) is 30.3 Å². The van der Waals surface area contributed by atoms with Gasteiger partial charge in [0.15, 0.2) is 6.10 Å². The van der Waals surface area contributed by atoms with E-state index in [4.69, 9.17) is 16.3 Å². The molecule has 4 aliphatic rings. The Hall–Kier alpha value is -1.55. The molecule has 4 fully saturated rings. The van der Waals surface area contributed by atoms with Crippen LogP contribution in [0.5, 0.6) is 0 Å². The van der Waals surface area contributed by atoms with Crippen molar-refractivity contribution in [3.63, 3.8) is 0 Å². The molecular formula is C21H26ClNO3. The molecule has 2 unspecified atom stereocenters. The van der Waals surface area contributed by atoms with E-state index in [9.17, 15) is 9.59 Å². The summed E-state index contributed by atoms with van der Waals surface area (Å²) >= 11 is 6.79. The van der Waals surface area contributed by atoms with Crippen LogP contribution in [0.15, 0.2) is 30.3 Å². The zero-order chi connectivity index (χ0) is 18.4. The van der Waals surface area contributed by atoms with Crippen LogP contribution in [0.25, 0.3) is 0 Å². The molecule has 4 aliphatic carbocycles. The highest BCUT2D eigenvalue weighted by atomic mass is 35.5. The zero-order valence-corrected chi connectivity index (χ0v) is 15.9. The number of amides is 1. The number of esters is 1. The van der Waals surface area contributed by atoms with Gasteiger partial charge in [0.05, 0.1) is 5.41 Å². The van der Waals surface area contributed by atoms with E-state index in [1.54, 1.807) is 6.92 Å². The fourth-order valence-electron chi connectivity index (χ4n) is 5.66. The number of ether oxygens (including phenoxy) is 1. The normalized spacial score (nSPS) is 35.8. The van der Waals surface area contributed by atoms with Gasteiger partial charge >= 0.3 is 5.97 Å². The van der Waals surface area contributed by atoms with Crippen molar-refractivity contribution in [3.8, 4) is 0 Å². The number of hydrogen-bond acceptors (Lipinski definition) is 3. The topological polar surface area (TPSA) is 55.4 Å². The maximum Gasteiger partial charge on any atom is 0.312 e. The van der Waals surface area contributed by atoms with Crippen LogP contribution in [0.4, 0.5) is 0 Å². The van der Waals surface area contributed by atoms with Crippen molar-refractivity contribution < 1.29 is 14.3 Å². The van der Waals surface area contributed by atoms with Crippen LogP contribution in [0, 0.1) is 17.3 Å². The number of nitrogens with one attached hydrogen (secondary N) is 1. The van der Waals surface area contributed by atoms with Gasteiger partial charge in [-0.3, -0.25) is 9.59 Å². The van der Waals surface area contributed by atoms with Gasteiger partial charge in [-0.15, -0.1) is 11.6 Å². The highest BCUT2D eigenvalue weighted by Gasteiger charge is 2.61. The predicted octanol–water partition coefficient (Wildman–Crippen LogP) is 3.81. The first-order valence-electron chi connectivity index (χ1n) is 9.59. The molecular weight excluding hydrogens is 350 g/mol. The maximum atomic E-state index is 13.0. The zero-order valence-electron chi connectivity index (χ0n) is 15.2. The van der Waals surface area contributed by atoms with Crippen LogP contribution < -0.4 is 5.32 Å². The Labute approximate surface area is 159 Å². The van der Waals surface area contributed by atoms with Crippen molar-refractivity contribution in [2.45, 2.75) is 63.0 Å². The Morgan fingerprint density at radius 1 is 1.19 bits per heavy atom. The van der Waals surface area contributed by atoms with Crippen molar-refractivity contribution >= 4 is 23.5 Å². The summed E-state index contributed by atoms with van der Waals surface area (Å²) in [5, 5.41) is 2.84. The Kier molecular flexibility index (Phi) is 4.50. The minimum absolute atomic E-state index is 0.223. The minimum Gasteiger partial charge on any atom is -0.452 e. The van der Waals surface area contributed by atoms with Gasteiger partial charge in [-0.05, 0) is 62.8 Å². The van der Waals surface area contributed by atoms with Crippen molar-refractivity contribution in [1.29, 1.82) is 0 Å². The van der Waals surface area contributed by atoms with E-state index in [2.05, 4.69) is 5.32 Å². The Bertz CT molecular complexity index is 690. The number of carbonyl (C=O) groups excluding carboxylic acids is 2. The highest BCUT2D eigenvalue weighted by Crippen LogP contribution is 2.64. The molecule has 1 N–H and O–H groups in total. The predicted molar refractivity (Wildman–Crippen MR) is 99.5 cm³/mol. The number of halogens is 1. The van der Waals surface area contributed by atoms with Gasteiger partial charge in [-0.2, -0.15) is 0 Å². The Morgan fingerprint density at radius 2 is 1.85 bits per heavy atom. The maximum absolute atomic E-state index is 13.0. The van der Waals surface area contributed by atoms with E-state index in [0.717, 1.165) is 31.2 Å². The lowest BCUT2D eigenvalue weighted by Crippen LogP contribution is -2.57. The van der Waals surface area contributed by atoms with E-state index in [0.29, 0.717) is 24.8 Å². The molecule has 140 valence electrons. The van der Waals surface area contributed by atoms with Gasteiger partial charge < -0.3 is 10.1 Å². The number of rotatable bonds is 5. The van der Waals surface area contributed by atoms with Gasteiger partial charge in [0.2, 0.25) is 0 Å². The first kappa shape index (κ1) is 17.8. The summed E-state index contributed by atoms with van der Waals surface area (Å²) in [6, 6.07) is 9.70. The summed E-state index contributed by atoms with van der Waals surface area (Å²) in [5.74, 6) is 0.582. The smallest absolute Gasteiger partial charge is 0.312 e. The number of hydrogen-bond donors (Lipinski definition) is 1. The number of alkyl halides is 1. The van der Waals surface area contributed by atoms with Crippen LogP contribution in [-0.2, 0) is 20.9 Å². The minimum atomic E-state index is -0.787. The van der Waals surface area contributed by atoms with Crippen LogP contribution in [0.1, 0.15) is 51.0 Å². The van der Waals surface area contributed by atoms with Gasteiger partial charge in [0, 0.05) is 11.4 Å². The molecule has 1 amide bonds. The van der Waals surface area contributed by atoms with Gasteiger partial charge in [0.25, 0.3) is 5.91 Å². The second-order valence-corrected chi connectivity index (χ2v) is 9.44. The van der Waals surface area contributed by atoms with Crippen molar-refractivity contribution in [3.05, 3.63) is 35.9 Å². The molecule has 5 atom stereocenters. The molecule has 4 bridgehead atoms. The van der Waals surface area contributed by atoms with Crippen molar-refractivity contribution in [2.24, 2.45) is 17.3 Å². The van der Waals surface area contributed by atoms with Crippen molar-refractivity contribution in [2.75, 3.05) is 0 Å². The quantitative estimate of drug-likeness (QED) is 0.628. The molecule has 5 heteroatoms. The van der Waals surface area contributed by atoms with Crippen LogP contribution in [0.3, 0.4) is 0 Å². The lowest BCUT2D eigenvalue weighted by molar-refractivity contribution is -0.177. The summed E-state index contributed by atoms with van der Waals surface area (Å²) in [4.78, 5) is 25.1. The molecule has 4 nitrogen and oxygen atoms in total. The van der Waals surface area contributed by atoms with E-state index < -0.39 is 11.5 Å². The lowest BCUT2D eigenvalue weighted by Gasteiger charge is -2.58. The standard InChI is InChI=1S/C21H26ClNO3/c1-14(18(24)23-12-15-5-3-2-4-6-15)26-19(25)20-8-16-7-17(9-20)11-21(22,10-16)13-20/h2-6,14,16-17H,7-13H2,1H3,(H,23,24)/t14-,16-,17+,20?,21?/m1/s1. The molecule has 0 saturated heterocycles. The first-order chi connectivity index (χ1) is 12.4. The summed E-state index contributed by atoms with van der Waals surface area (Å²) in [6.07, 6.45) is 4.89. The molecule has 5 rings (SSSR count). The first-order valence-corrected chi connectivity index (χ1v) is 9.97. The van der Waals surface area contributed by atoms with Crippen LogP contribution in [0.2, 0.25) is 0 Å². The number of benzene rings is 1. The second kappa shape index (κ2) is 6.56. The third-order valence-electron chi connectivity index (χ3n) is 6.39. The summed E-state index contributed by atoms with van der Waals surface area (Å²) in [6.45, 7) is 2.08. The fraction of sp³-hybridized carbons (Fsp3) is 0.619. The van der Waals surface area contributed by atoms with Gasteiger partial charge in [0.1, 0.15) is 0 Å². The van der Waals surface area contributed by atoms with E-state index in [1.807, 2.05) is 30.3 Å². The van der Waals surface area contributed by atoms with Crippen LogP contribution >= 0.6 is 11.6 Å². The average molecular weight is 376 g/mol. The molecule has 0 radical (unpaired) electrons. The Morgan fingerprint density at radius 3 is 2.46 bits per heavy atom. The van der Waals surface area contributed by atoms with Crippen LogP contribution in [-0.4, -0.2) is 22.9 Å². The summed E-state index contributed by atoms with van der Waals surface area (Å²) < 4.78 is 5.62. The third kappa shape index (κ3) is 3.36. The molecule has 0 spiro atoms. The molecule has 0 aliphatic heterocycles. The summed E-state index contributed by atoms with van der Waals surface area (Å²) in [5.41, 5.74) is 0.546. The third-order valence-corrected chi connectivity index (χ3v) is 6.83. The highest BCUT2D eigenvalue weighted by molar-refractivity contribution is 6.24. The summed E-state index contributed by atoms with van der Waals surface area (Å²) in [7, 11) is 0. The molecule has 26 heavy (non-hydrogen) atoms. The molecule has 0 heterocycles. The molecule has 1 aromatic rings. The van der Waals surface area contributed by atoms with Crippen molar-refractivity contribution in [1.82, 2.24) is 5.32 Å². The largest absolute Gasteiger partial charge is 0.452 e. The van der Waals surface area contributed by atoms with E-state index in [-0.39, 0.29) is 16.8 Å². The molecule has 1 aromatic carbocycles. The fourth-order valence-corrected chi connectivity index (χ4v) is 6.35. The SMILES string of the molecule is C[C@@H](OC(=O)C12C[C@@H]3C[C@@H](CC(Cl)(C3)C1)C2)C(=O)NCc1ccccc1. The van der Waals surface area contributed by atoms with Gasteiger partial charge in [-0.25, -0.2) is 0 Å². The monoisotopic (exact) mass is 375 g/mol. The van der Waals surface area contributed by atoms with E-state index >= 15 is 0 Å².